The summed E-state index contributed by atoms with van der Waals surface area (Å²) in [5.41, 5.74) is -2.78. The van der Waals surface area contributed by atoms with Crippen molar-refractivity contribution >= 4 is 0 Å². The summed E-state index contributed by atoms with van der Waals surface area (Å²) in [4.78, 5) is 0. The molecule has 0 saturated carbocycles. The van der Waals surface area contributed by atoms with E-state index < -0.39 is 60.7 Å². The lowest BCUT2D eigenvalue weighted by atomic mass is 9.77. The fraction of sp³-hybridized carbons (Fsp3) is 0.538. The largest absolute Gasteiger partial charge is 0.504 e. The molecule has 13 heteroatoms. The van der Waals surface area contributed by atoms with Crippen LogP contribution in [0, 0.1) is 0 Å². The van der Waals surface area contributed by atoms with Crippen LogP contribution < -0.4 is 14.2 Å². The lowest BCUT2D eigenvalue weighted by molar-refractivity contribution is -0.277. The van der Waals surface area contributed by atoms with Crippen LogP contribution in [0.4, 0.5) is 0 Å². The lowest BCUT2D eigenvalue weighted by Crippen LogP contribution is -2.60. The van der Waals surface area contributed by atoms with Gasteiger partial charge in [0.2, 0.25) is 6.29 Å². The van der Waals surface area contributed by atoms with Crippen LogP contribution in [-0.4, -0.2) is 112 Å². The summed E-state index contributed by atoms with van der Waals surface area (Å²) in [6.07, 6.45) is -9.35. The minimum Gasteiger partial charge on any atom is -0.504 e. The highest BCUT2D eigenvalue weighted by molar-refractivity contribution is 5.47. The molecule has 0 unspecified atom stereocenters. The van der Waals surface area contributed by atoms with Gasteiger partial charge < -0.3 is 64.2 Å². The number of ether oxygens (including phenoxy) is 6. The third-order valence-corrected chi connectivity index (χ3v) is 7.65. The Morgan fingerprint density at radius 2 is 1.36 bits per heavy atom. The van der Waals surface area contributed by atoms with Crippen molar-refractivity contribution < 1.29 is 64.2 Å². The molecule has 0 radical (unpaired) electrons. The number of phenolic OH excluding ortho intramolecular Hbond substituents is 1. The first kappa shape index (κ1) is 27.8. The molecule has 7 N–H and O–H groups in total. The summed E-state index contributed by atoms with van der Waals surface area (Å²) in [6.45, 7) is -1.12. The molecule has 3 saturated heterocycles. The molecule has 39 heavy (non-hydrogen) atoms. The molecule has 3 aliphatic rings. The molecule has 0 bridgehead atoms. The van der Waals surface area contributed by atoms with Crippen LogP contribution >= 0.6 is 0 Å². The number of benzene rings is 2. The third-order valence-electron chi connectivity index (χ3n) is 7.65. The normalized spacial score (nSPS) is 37.9. The van der Waals surface area contributed by atoms with E-state index in [1.54, 1.807) is 12.1 Å². The Labute approximate surface area is 223 Å². The number of fused-ring (bicyclic) bond motifs is 1. The second kappa shape index (κ2) is 10.4. The van der Waals surface area contributed by atoms with Gasteiger partial charge in [-0.15, -0.1) is 0 Å². The fourth-order valence-electron chi connectivity index (χ4n) is 5.39. The smallest absolute Gasteiger partial charge is 0.229 e. The quantitative estimate of drug-likeness (QED) is 0.219. The number of hydrogen-bond donors (Lipinski definition) is 7. The minimum atomic E-state index is -1.85. The van der Waals surface area contributed by atoms with Crippen molar-refractivity contribution in [2.75, 3.05) is 34.0 Å². The zero-order chi connectivity index (χ0) is 28.1. The number of hydrogen-bond acceptors (Lipinski definition) is 13. The summed E-state index contributed by atoms with van der Waals surface area (Å²) in [7, 11) is 2.76. The van der Waals surface area contributed by atoms with Gasteiger partial charge in [-0.05, 0) is 35.4 Å². The number of aliphatic hydroxyl groups excluding tert-OH is 4. The van der Waals surface area contributed by atoms with Crippen molar-refractivity contribution in [3.05, 3.63) is 47.5 Å². The Morgan fingerprint density at radius 3 is 1.92 bits per heavy atom. The Morgan fingerprint density at radius 1 is 0.795 bits per heavy atom. The van der Waals surface area contributed by atoms with E-state index in [9.17, 15) is 35.7 Å². The van der Waals surface area contributed by atoms with E-state index in [2.05, 4.69) is 0 Å². The van der Waals surface area contributed by atoms with E-state index in [1.807, 2.05) is 0 Å². The summed E-state index contributed by atoms with van der Waals surface area (Å²) in [5, 5.41) is 73.0. The van der Waals surface area contributed by atoms with Gasteiger partial charge in [0.25, 0.3) is 0 Å². The molecule has 214 valence electrons. The molecule has 5 rings (SSSR count). The molecule has 2 aromatic rings. The van der Waals surface area contributed by atoms with Gasteiger partial charge in [0.15, 0.2) is 34.2 Å². The van der Waals surface area contributed by atoms with Crippen LogP contribution in [0.5, 0.6) is 23.0 Å². The molecule has 9 atom stereocenters. The van der Waals surface area contributed by atoms with Crippen molar-refractivity contribution in [1.82, 2.24) is 0 Å². The topological polar surface area (TPSA) is 197 Å². The van der Waals surface area contributed by atoms with Crippen molar-refractivity contribution in [3.8, 4) is 23.0 Å². The zero-order valence-corrected chi connectivity index (χ0v) is 21.2. The molecule has 0 amide bonds. The van der Waals surface area contributed by atoms with Gasteiger partial charge in [-0.2, -0.15) is 0 Å². The molecule has 13 nitrogen and oxygen atoms in total. The first-order chi connectivity index (χ1) is 18.6. The van der Waals surface area contributed by atoms with Gasteiger partial charge in [0.05, 0.1) is 34.0 Å². The Kier molecular flexibility index (Phi) is 7.39. The van der Waals surface area contributed by atoms with Crippen LogP contribution in [0.15, 0.2) is 36.4 Å². The Balaban J connectivity index is 1.39. The van der Waals surface area contributed by atoms with E-state index in [1.165, 1.54) is 38.5 Å². The summed E-state index contributed by atoms with van der Waals surface area (Å²) < 4.78 is 33.4. The van der Waals surface area contributed by atoms with Crippen molar-refractivity contribution in [3.63, 3.8) is 0 Å². The van der Waals surface area contributed by atoms with E-state index in [0.29, 0.717) is 11.1 Å². The molecule has 0 aromatic heterocycles. The second-order valence-corrected chi connectivity index (χ2v) is 9.89. The Hall–Kier alpha value is -2.72. The number of rotatable bonds is 7. The predicted molar refractivity (Wildman–Crippen MR) is 129 cm³/mol. The van der Waals surface area contributed by atoms with Crippen LogP contribution in [0.1, 0.15) is 23.3 Å². The highest BCUT2D eigenvalue weighted by atomic mass is 16.7. The number of phenols is 1. The second-order valence-electron chi connectivity index (χ2n) is 9.89. The zero-order valence-electron chi connectivity index (χ0n) is 21.2. The van der Waals surface area contributed by atoms with E-state index in [-0.39, 0.29) is 36.2 Å². The maximum Gasteiger partial charge on any atom is 0.229 e. The van der Waals surface area contributed by atoms with E-state index in [4.69, 9.17) is 28.4 Å². The molecular weight excluding hydrogens is 520 g/mol. The molecule has 0 aliphatic carbocycles. The molecular formula is C26H32O13. The van der Waals surface area contributed by atoms with E-state index >= 15 is 0 Å². The molecule has 0 spiro atoms. The van der Waals surface area contributed by atoms with Gasteiger partial charge in [-0.25, -0.2) is 0 Å². The standard InChI is InChI=1S/C26H32O13/c1-34-16-7-12(3-5-14(16)28)22-25(32)10-37-23(26(25,33)11-36-22)13-4-6-15(17(8-13)35-2)38-24-21(31)20(30)19(29)18(9-27)39-24/h3-8,18-24,27-33H,9-11H2,1-2H3/t18-,19-,20+,21-,22-,23-,24+,25+,26-/m1/s1. The van der Waals surface area contributed by atoms with E-state index in [0.717, 1.165) is 0 Å². The Bertz CT molecular complexity index is 1190. The highest BCUT2D eigenvalue weighted by Gasteiger charge is 2.69. The van der Waals surface area contributed by atoms with Gasteiger partial charge in [-0.3, -0.25) is 0 Å². The van der Waals surface area contributed by atoms with Crippen LogP contribution in [-0.2, 0) is 14.2 Å². The first-order valence-corrected chi connectivity index (χ1v) is 12.3. The summed E-state index contributed by atoms with van der Waals surface area (Å²) in [6, 6.07) is 9.04. The average molecular weight is 553 g/mol. The first-order valence-electron chi connectivity index (χ1n) is 12.3. The molecule has 3 heterocycles. The predicted octanol–water partition coefficient (Wildman–Crippen LogP) is -1.11. The van der Waals surface area contributed by atoms with Gasteiger partial charge in [0.1, 0.15) is 36.6 Å². The molecule has 3 aliphatic heterocycles. The summed E-state index contributed by atoms with van der Waals surface area (Å²) in [5.74, 6) is 0.360. The monoisotopic (exact) mass is 552 g/mol. The van der Waals surface area contributed by atoms with Gasteiger partial charge >= 0.3 is 0 Å². The number of aliphatic hydroxyl groups is 6. The number of aromatic hydroxyl groups is 1. The summed E-state index contributed by atoms with van der Waals surface area (Å²) >= 11 is 0. The van der Waals surface area contributed by atoms with Crippen molar-refractivity contribution in [2.45, 2.75) is 54.1 Å². The molecule has 2 aromatic carbocycles. The SMILES string of the molecule is COc1cc([C@H]2OC[C@@]3(O)[C@@H](c4ccc(O[C@H]5O[C@H](CO)[C@@H](O)[C@H](O)[C@H]5O)c(OC)c4)OC[C@]23O)ccc1O. The van der Waals surface area contributed by atoms with Crippen LogP contribution in [0.3, 0.4) is 0 Å². The third kappa shape index (κ3) is 4.40. The van der Waals surface area contributed by atoms with Gasteiger partial charge in [0, 0.05) is 0 Å². The maximum absolute atomic E-state index is 11.7. The van der Waals surface area contributed by atoms with Crippen molar-refractivity contribution in [1.29, 1.82) is 0 Å². The minimum absolute atomic E-state index is 0.0832. The average Bonchev–Trinajstić information content (AvgIpc) is 3.35. The molecule has 3 fully saturated rings. The fourth-order valence-corrected chi connectivity index (χ4v) is 5.39. The van der Waals surface area contributed by atoms with Gasteiger partial charge in [-0.1, -0.05) is 12.1 Å². The number of methoxy groups -OCH3 is 2. The maximum atomic E-state index is 11.7. The van der Waals surface area contributed by atoms with Crippen LogP contribution in [0.25, 0.3) is 0 Å². The highest BCUT2D eigenvalue weighted by Crippen LogP contribution is 2.56. The lowest BCUT2D eigenvalue weighted by Gasteiger charge is -2.39. The van der Waals surface area contributed by atoms with Crippen LogP contribution in [0.2, 0.25) is 0 Å². The van der Waals surface area contributed by atoms with Crippen molar-refractivity contribution in [2.24, 2.45) is 0 Å².